The largest absolute Gasteiger partial charge is 0.463 e. The van der Waals surface area contributed by atoms with Gasteiger partial charge in [0.2, 0.25) is 11.8 Å². The molecule has 0 saturated carbocycles. The molecule has 0 spiro atoms. The van der Waals surface area contributed by atoms with Crippen molar-refractivity contribution in [3.8, 4) is 11.5 Å². The second kappa shape index (κ2) is 15.4. The molecule has 6 rings (SSSR count). The molecule has 0 radical (unpaired) electrons. The van der Waals surface area contributed by atoms with Crippen LogP contribution in [0.4, 0.5) is 14.5 Å². The second-order valence-corrected chi connectivity index (χ2v) is 13.0. The molecule has 1 aromatic carbocycles. The molecular formula is C35H36ClF2N7O6. The zero-order chi connectivity index (χ0) is 36.1. The van der Waals surface area contributed by atoms with Crippen LogP contribution in [-0.4, -0.2) is 68.2 Å². The van der Waals surface area contributed by atoms with Gasteiger partial charge in [0.15, 0.2) is 17.1 Å². The van der Waals surface area contributed by atoms with Crippen LogP contribution in [-0.2, 0) is 15.0 Å². The number of furan rings is 1. The van der Waals surface area contributed by atoms with E-state index in [-0.39, 0.29) is 46.8 Å². The van der Waals surface area contributed by atoms with E-state index in [9.17, 15) is 32.8 Å². The number of rotatable bonds is 16. The predicted octanol–water partition coefficient (Wildman–Crippen LogP) is 5.64. The van der Waals surface area contributed by atoms with Gasteiger partial charge in [-0.3, -0.25) is 34.2 Å². The third kappa shape index (κ3) is 8.08. The normalized spacial score (nSPS) is 16.1. The van der Waals surface area contributed by atoms with Crippen LogP contribution >= 0.6 is 11.6 Å². The minimum absolute atomic E-state index is 0.0395. The van der Waals surface area contributed by atoms with Crippen molar-refractivity contribution < 1.29 is 37.2 Å². The Hall–Kier alpha value is -5.18. The Morgan fingerprint density at radius 1 is 0.941 bits per heavy atom. The number of halogens is 3. The van der Waals surface area contributed by atoms with Crippen molar-refractivity contribution >= 4 is 52.5 Å². The fourth-order valence-corrected chi connectivity index (χ4v) is 6.39. The number of carbonyl (C=O) groups is 5. The number of anilines is 1. The first-order valence-electron chi connectivity index (χ1n) is 16.9. The molecule has 3 N–H and O–H groups in total. The summed E-state index contributed by atoms with van der Waals surface area (Å²) in [4.78, 5) is 67.5. The van der Waals surface area contributed by atoms with Gasteiger partial charge in [-0.2, -0.15) is 13.9 Å². The number of imide groups is 2. The highest BCUT2D eigenvalue weighted by atomic mass is 35.5. The number of hydrogen-bond donors (Lipinski definition) is 3. The third-order valence-corrected chi connectivity index (χ3v) is 9.08. The summed E-state index contributed by atoms with van der Waals surface area (Å²) >= 11 is 5.33. The smallest absolute Gasteiger partial charge is 0.364 e. The van der Waals surface area contributed by atoms with E-state index in [0.717, 1.165) is 66.8 Å². The maximum absolute atomic E-state index is 14.2. The van der Waals surface area contributed by atoms with Crippen molar-refractivity contribution in [2.24, 2.45) is 0 Å². The van der Waals surface area contributed by atoms with Crippen LogP contribution in [0.15, 0.2) is 53.1 Å². The number of piperidine rings is 1. The fraction of sp³-hybridized carbons (Fsp3) is 0.400. The van der Waals surface area contributed by atoms with Crippen LogP contribution < -0.4 is 16.0 Å². The molecule has 2 aliphatic rings. The zero-order valence-corrected chi connectivity index (χ0v) is 28.3. The lowest BCUT2D eigenvalue weighted by Gasteiger charge is -2.27. The monoisotopic (exact) mass is 723 g/mol. The topological polar surface area (TPSA) is 168 Å². The van der Waals surface area contributed by atoms with E-state index in [0.29, 0.717) is 18.8 Å². The molecule has 0 aliphatic carbocycles. The summed E-state index contributed by atoms with van der Waals surface area (Å²) in [5.41, 5.74) is 0.708. The van der Waals surface area contributed by atoms with E-state index >= 15 is 0 Å². The fourth-order valence-electron chi connectivity index (χ4n) is 6.25. The number of nitrogens with zero attached hydrogens (tertiary/aromatic N) is 4. The number of alkyl halides is 3. The number of carbonyl (C=O) groups excluding carboxylic acids is 5. The number of unbranched alkanes of at least 4 members (excludes halogenated alkanes) is 7. The number of fused-ring (bicyclic) bond motifs is 2. The summed E-state index contributed by atoms with van der Waals surface area (Å²) < 4.78 is 34.5. The first-order valence-corrected chi connectivity index (χ1v) is 17.3. The maximum atomic E-state index is 14.2. The van der Waals surface area contributed by atoms with Crippen molar-refractivity contribution in [2.45, 2.75) is 75.6 Å². The van der Waals surface area contributed by atoms with Crippen molar-refractivity contribution in [3.05, 3.63) is 71.2 Å². The molecule has 2 aliphatic heterocycles. The third-order valence-electron chi connectivity index (χ3n) is 8.88. The minimum atomic E-state index is -3.75. The van der Waals surface area contributed by atoms with Crippen LogP contribution in [0, 0.1) is 0 Å². The summed E-state index contributed by atoms with van der Waals surface area (Å²) in [6.07, 6.45) is 9.39. The van der Waals surface area contributed by atoms with Gasteiger partial charge in [0, 0.05) is 31.3 Å². The second-order valence-electron chi connectivity index (χ2n) is 12.5. The van der Waals surface area contributed by atoms with Crippen LogP contribution in [0.5, 0.6) is 0 Å². The molecule has 5 heterocycles. The van der Waals surface area contributed by atoms with E-state index in [2.05, 4.69) is 26.0 Å². The highest BCUT2D eigenvalue weighted by Gasteiger charge is 2.44. The van der Waals surface area contributed by atoms with Gasteiger partial charge in [0.1, 0.15) is 17.4 Å². The molecule has 16 heteroatoms. The first kappa shape index (κ1) is 35.6. The van der Waals surface area contributed by atoms with Crippen LogP contribution in [0.1, 0.15) is 101 Å². The molecule has 268 valence electrons. The summed E-state index contributed by atoms with van der Waals surface area (Å²) in [5.74, 6) is -2.32. The molecule has 4 aromatic rings. The lowest BCUT2D eigenvalue weighted by molar-refractivity contribution is -0.136. The SMILES string of the molecule is O=C1CCC(N2C(=O)c3ccc(NCCCCCCCCCCNC(=O)c4cc5nc(-c6ccco6)cc(C(F)(F)Cl)n5n4)cc3C2=O)C(=O)N1. The van der Waals surface area contributed by atoms with Gasteiger partial charge in [-0.15, -0.1) is 0 Å². The van der Waals surface area contributed by atoms with Gasteiger partial charge in [-0.1, -0.05) is 38.5 Å². The highest BCUT2D eigenvalue weighted by molar-refractivity contribution is 6.24. The number of nitrogens with one attached hydrogen (secondary N) is 3. The Kier molecular flexibility index (Phi) is 10.7. The standard InChI is InChI=1S/C35H36ClF2N7O6/c36-35(37,38)28-19-24(27-10-9-17-51-27)41-29-20-25(43-45(28)29)31(47)40-16-8-6-4-2-1-3-5-7-15-39-21-11-12-22-23(18-21)34(50)44(33(22)49)26-13-14-30(46)42-32(26)48/h9-12,17-20,26,39H,1-8,13-16H2,(H,40,47)(H,42,46,48). The zero-order valence-electron chi connectivity index (χ0n) is 27.6. The first-order chi connectivity index (χ1) is 24.5. The van der Waals surface area contributed by atoms with E-state index in [1.54, 1.807) is 30.3 Å². The molecular weight excluding hydrogens is 688 g/mol. The summed E-state index contributed by atoms with van der Waals surface area (Å²) in [6, 6.07) is 9.57. The molecule has 3 aromatic heterocycles. The Balaban J connectivity index is 0.852. The average Bonchev–Trinajstić information content (AvgIpc) is 3.84. The quantitative estimate of drug-likeness (QED) is 0.0753. The maximum Gasteiger partial charge on any atom is 0.364 e. The Morgan fingerprint density at radius 3 is 2.33 bits per heavy atom. The van der Waals surface area contributed by atoms with Gasteiger partial charge in [0.05, 0.1) is 17.4 Å². The van der Waals surface area contributed by atoms with Gasteiger partial charge in [-0.05, 0) is 67.3 Å². The number of aromatic nitrogens is 3. The van der Waals surface area contributed by atoms with Gasteiger partial charge in [0.25, 0.3) is 17.7 Å². The molecule has 1 saturated heterocycles. The molecule has 1 unspecified atom stereocenters. The minimum Gasteiger partial charge on any atom is -0.463 e. The number of benzene rings is 1. The van der Waals surface area contributed by atoms with Gasteiger partial charge >= 0.3 is 5.38 Å². The van der Waals surface area contributed by atoms with E-state index < -0.39 is 46.7 Å². The molecule has 0 bridgehead atoms. The van der Waals surface area contributed by atoms with E-state index in [4.69, 9.17) is 16.0 Å². The summed E-state index contributed by atoms with van der Waals surface area (Å²) in [7, 11) is 0. The lowest BCUT2D eigenvalue weighted by Crippen LogP contribution is -2.54. The van der Waals surface area contributed by atoms with Crippen molar-refractivity contribution in [1.29, 1.82) is 0 Å². The van der Waals surface area contributed by atoms with Gasteiger partial charge in [-0.25, -0.2) is 9.50 Å². The Bertz CT molecular complexity index is 1960. The van der Waals surface area contributed by atoms with E-state index in [1.165, 1.54) is 12.3 Å². The van der Waals surface area contributed by atoms with Crippen molar-refractivity contribution in [3.63, 3.8) is 0 Å². The van der Waals surface area contributed by atoms with Crippen molar-refractivity contribution in [2.75, 3.05) is 18.4 Å². The van der Waals surface area contributed by atoms with Crippen molar-refractivity contribution in [1.82, 2.24) is 30.1 Å². The molecule has 13 nitrogen and oxygen atoms in total. The Labute approximate surface area is 296 Å². The van der Waals surface area contributed by atoms with Crippen LogP contribution in [0.2, 0.25) is 0 Å². The average molecular weight is 724 g/mol. The highest BCUT2D eigenvalue weighted by Crippen LogP contribution is 2.35. The summed E-state index contributed by atoms with van der Waals surface area (Å²) in [6.45, 7) is 1.11. The lowest BCUT2D eigenvalue weighted by atomic mass is 10.0. The Morgan fingerprint density at radius 2 is 1.65 bits per heavy atom. The predicted molar refractivity (Wildman–Crippen MR) is 181 cm³/mol. The molecule has 1 atom stereocenters. The summed E-state index contributed by atoms with van der Waals surface area (Å²) in [5, 5.41) is 8.55. The molecule has 1 fully saturated rings. The van der Waals surface area contributed by atoms with E-state index in [1.807, 2.05) is 0 Å². The van der Waals surface area contributed by atoms with Gasteiger partial charge < -0.3 is 15.1 Å². The number of amides is 5. The molecule has 5 amide bonds. The van der Waals surface area contributed by atoms with Crippen LogP contribution in [0.25, 0.3) is 17.1 Å². The molecule has 51 heavy (non-hydrogen) atoms. The van der Waals surface area contributed by atoms with Crippen LogP contribution in [0.3, 0.4) is 0 Å². The number of hydrogen-bond acceptors (Lipinski definition) is 9.